The Labute approximate surface area is 144 Å². The van der Waals surface area contributed by atoms with Crippen molar-refractivity contribution in [1.29, 1.82) is 0 Å². The van der Waals surface area contributed by atoms with E-state index in [9.17, 15) is 9.59 Å². The number of unbranched alkanes of at least 4 members (excludes halogenated alkanes) is 3. The number of hydrogen-bond donors (Lipinski definition) is 3. The number of carbonyl (C=O) groups excluding carboxylic acids is 2. The van der Waals surface area contributed by atoms with Gasteiger partial charge in [0.25, 0.3) is 5.91 Å². The van der Waals surface area contributed by atoms with Crippen molar-refractivity contribution in [1.82, 2.24) is 5.32 Å². The van der Waals surface area contributed by atoms with Crippen LogP contribution in [0.3, 0.4) is 0 Å². The summed E-state index contributed by atoms with van der Waals surface area (Å²) in [4.78, 5) is 24.0. The molecule has 0 aliphatic carbocycles. The Morgan fingerprint density at radius 3 is 2.52 bits per heavy atom. The van der Waals surface area contributed by atoms with Gasteiger partial charge in [-0.3, -0.25) is 9.59 Å². The van der Waals surface area contributed by atoms with Gasteiger partial charge in [0.05, 0.1) is 11.3 Å². The van der Waals surface area contributed by atoms with Crippen molar-refractivity contribution in [2.24, 2.45) is 5.73 Å². The molecule has 0 heterocycles. The number of rotatable bonds is 10. The van der Waals surface area contributed by atoms with Crippen LogP contribution >= 0.6 is 12.4 Å². The molecule has 1 aromatic carbocycles. The normalized spacial score (nSPS) is 9.61. The molecule has 0 spiro atoms. The Hall–Kier alpha value is -1.85. The lowest BCUT2D eigenvalue weighted by Gasteiger charge is -2.10. The number of hydrogen-bond acceptors (Lipinski definition) is 3. The van der Waals surface area contributed by atoms with Crippen LogP contribution in [0.4, 0.5) is 5.69 Å². The Kier molecular flexibility index (Phi) is 11.7. The minimum atomic E-state index is -0.223. The average Bonchev–Trinajstić information content (AvgIpc) is 2.53. The first kappa shape index (κ1) is 21.1. The number of anilines is 1. The first-order valence-corrected chi connectivity index (χ1v) is 7.67. The van der Waals surface area contributed by atoms with E-state index in [0.717, 1.165) is 25.7 Å². The van der Waals surface area contributed by atoms with Gasteiger partial charge in [0.15, 0.2) is 0 Å². The topological polar surface area (TPSA) is 84.2 Å². The third kappa shape index (κ3) is 8.38. The van der Waals surface area contributed by atoms with Crippen LogP contribution in [0, 0.1) is 0 Å². The van der Waals surface area contributed by atoms with Gasteiger partial charge in [-0.05, 0) is 31.5 Å². The fourth-order valence-electron chi connectivity index (χ4n) is 2.05. The lowest BCUT2D eigenvalue weighted by atomic mass is 10.1. The van der Waals surface area contributed by atoms with E-state index in [1.54, 1.807) is 30.3 Å². The van der Waals surface area contributed by atoms with Gasteiger partial charge in [-0.25, -0.2) is 0 Å². The second-order valence-corrected chi connectivity index (χ2v) is 5.05. The number of para-hydroxylation sites is 1. The molecule has 0 aliphatic rings. The Bertz CT molecular complexity index is 506. The number of nitrogens with two attached hydrogens (primary N) is 1. The first-order chi connectivity index (χ1) is 10.7. The molecule has 0 saturated heterocycles. The van der Waals surface area contributed by atoms with E-state index in [0.29, 0.717) is 30.8 Å². The molecule has 0 fully saturated rings. The summed E-state index contributed by atoms with van der Waals surface area (Å²) in [5, 5.41) is 5.52. The summed E-state index contributed by atoms with van der Waals surface area (Å²) < 4.78 is 0. The molecule has 0 unspecified atom stereocenters. The van der Waals surface area contributed by atoms with Crippen LogP contribution in [-0.4, -0.2) is 24.9 Å². The maximum atomic E-state index is 12.0. The van der Waals surface area contributed by atoms with Gasteiger partial charge in [-0.15, -0.1) is 19.0 Å². The van der Waals surface area contributed by atoms with Crippen LogP contribution in [0.25, 0.3) is 0 Å². The molecule has 1 rings (SSSR count). The van der Waals surface area contributed by atoms with E-state index in [2.05, 4.69) is 17.2 Å². The zero-order chi connectivity index (χ0) is 16.2. The third-order valence-corrected chi connectivity index (χ3v) is 3.21. The van der Waals surface area contributed by atoms with Crippen molar-refractivity contribution in [2.75, 3.05) is 18.4 Å². The summed E-state index contributed by atoms with van der Waals surface area (Å²) in [5.74, 6) is -0.296. The fraction of sp³-hybridized carbons (Fsp3) is 0.412. The minimum Gasteiger partial charge on any atom is -0.349 e. The molecule has 128 valence electrons. The SMILES string of the molecule is C=CCNC(=O)c1ccccc1NC(=O)CCCCCCN.Cl. The van der Waals surface area contributed by atoms with E-state index in [4.69, 9.17) is 5.73 Å². The zero-order valence-corrected chi connectivity index (χ0v) is 14.2. The highest BCUT2D eigenvalue weighted by Gasteiger charge is 2.12. The van der Waals surface area contributed by atoms with Crippen molar-refractivity contribution >= 4 is 29.9 Å². The van der Waals surface area contributed by atoms with Gasteiger partial charge in [0.2, 0.25) is 5.91 Å². The molecule has 0 bridgehead atoms. The fourth-order valence-corrected chi connectivity index (χ4v) is 2.05. The first-order valence-electron chi connectivity index (χ1n) is 7.67. The number of halogens is 1. The maximum Gasteiger partial charge on any atom is 0.253 e. The Balaban J connectivity index is 0.00000484. The van der Waals surface area contributed by atoms with Crippen molar-refractivity contribution in [3.05, 3.63) is 42.5 Å². The summed E-state index contributed by atoms with van der Waals surface area (Å²) in [7, 11) is 0. The second kappa shape index (κ2) is 12.7. The molecular formula is C17H26ClN3O2. The van der Waals surface area contributed by atoms with Gasteiger partial charge in [-0.1, -0.05) is 31.1 Å². The van der Waals surface area contributed by atoms with Gasteiger partial charge in [0, 0.05) is 13.0 Å². The number of nitrogens with one attached hydrogen (secondary N) is 2. The molecule has 0 saturated carbocycles. The highest BCUT2D eigenvalue weighted by atomic mass is 35.5. The molecule has 0 radical (unpaired) electrons. The lowest BCUT2D eigenvalue weighted by Crippen LogP contribution is -2.25. The van der Waals surface area contributed by atoms with E-state index in [1.807, 2.05) is 0 Å². The predicted octanol–water partition coefficient (Wildman–Crippen LogP) is 2.87. The number of carbonyl (C=O) groups is 2. The largest absolute Gasteiger partial charge is 0.349 e. The van der Waals surface area contributed by atoms with E-state index >= 15 is 0 Å². The Morgan fingerprint density at radius 2 is 1.83 bits per heavy atom. The number of amides is 2. The average molecular weight is 340 g/mol. The van der Waals surface area contributed by atoms with E-state index < -0.39 is 0 Å². The molecule has 6 heteroatoms. The van der Waals surface area contributed by atoms with Gasteiger partial charge in [-0.2, -0.15) is 0 Å². The van der Waals surface area contributed by atoms with Gasteiger partial charge >= 0.3 is 0 Å². The highest BCUT2D eigenvalue weighted by Crippen LogP contribution is 2.15. The monoisotopic (exact) mass is 339 g/mol. The molecule has 1 aromatic rings. The molecule has 2 amide bonds. The summed E-state index contributed by atoms with van der Waals surface area (Å²) in [6.45, 7) is 4.64. The Morgan fingerprint density at radius 1 is 1.13 bits per heavy atom. The summed E-state index contributed by atoms with van der Waals surface area (Å²) in [5.41, 5.74) is 6.43. The summed E-state index contributed by atoms with van der Waals surface area (Å²) >= 11 is 0. The van der Waals surface area contributed by atoms with Crippen molar-refractivity contribution in [2.45, 2.75) is 32.1 Å². The molecule has 0 aromatic heterocycles. The smallest absolute Gasteiger partial charge is 0.253 e. The minimum absolute atomic E-state index is 0. The number of benzene rings is 1. The van der Waals surface area contributed by atoms with Gasteiger partial charge in [0.1, 0.15) is 0 Å². The van der Waals surface area contributed by atoms with Crippen LogP contribution in [-0.2, 0) is 4.79 Å². The summed E-state index contributed by atoms with van der Waals surface area (Å²) in [6, 6.07) is 6.98. The quantitative estimate of drug-likeness (QED) is 0.452. The van der Waals surface area contributed by atoms with Crippen LogP contribution in [0.5, 0.6) is 0 Å². The van der Waals surface area contributed by atoms with Crippen molar-refractivity contribution in [3.63, 3.8) is 0 Å². The molecule has 4 N–H and O–H groups in total. The van der Waals surface area contributed by atoms with Crippen molar-refractivity contribution in [3.8, 4) is 0 Å². The lowest BCUT2D eigenvalue weighted by molar-refractivity contribution is -0.116. The highest BCUT2D eigenvalue weighted by molar-refractivity contribution is 6.03. The van der Waals surface area contributed by atoms with Crippen LogP contribution < -0.4 is 16.4 Å². The van der Waals surface area contributed by atoms with Crippen LogP contribution in [0.2, 0.25) is 0 Å². The predicted molar refractivity (Wildman–Crippen MR) is 97.0 cm³/mol. The van der Waals surface area contributed by atoms with E-state index in [1.165, 1.54) is 0 Å². The van der Waals surface area contributed by atoms with Gasteiger partial charge < -0.3 is 16.4 Å². The summed E-state index contributed by atoms with van der Waals surface area (Å²) in [6.07, 6.45) is 5.93. The van der Waals surface area contributed by atoms with E-state index in [-0.39, 0.29) is 24.2 Å². The van der Waals surface area contributed by atoms with Crippen LogP contribution in [0.15, 0.2) is 36.9 Å². The second-order valence-electron chi connectivity index (χ2n) is 5.05. The molecule has 5 nitrogen and oxygen atoms in total. The molecule has 23 heavy (non-hydrogen) atoms. The molecular weight excluding hydrogens is 314 g/mol. The van der Waals surface area contributed by atoms with Crippen LogP contribution in [0.1, 0.15) is 42.5 Å². The van der Waals surface area contributed by atoms with Crippen molar-refractivity contribution < 1.29 is 9.59 Å². The third-order valence-electron chi connectivity index (χ3n) is 3.21. The zero-order valence-electron chi connectivity index (χ0n) is 13.3. The standard InChI is InChI=1S/C17H25N3O2.ClH/c1-2-13-19-17(22)14-9-6-7-10-15(14)20-16(21)11-5-3-4-8-12-18;/h2,6-7,9-10H,1,3-5,8,11-13,18H2,(H,19,22)(H,20,21);1H. The maximum absolute atomic E-state index is 12.0. The molecule has 0 aliphatic heterocycles. The molecule has 0 atom stereocenters.